The van der Waals surface area contributed by atoms with Gasteiger partial charge < -0.3 is 4.90 Å². The van der Waals surface area contributed by atoms with Crippen molar-refractivity contribution < 1.29 is 13.2 Å². The fraction of sp³-hybridized carbons (Fsp3) is 0.235. The molecule has 1 atom stereocenters. The second-order valence-electron chi connectivity index (χ2n) is 5.62. The molecule has 0 bridgehead atoms. The van der Waals surface area contributed by atoms with Crippen LogP contribution >= 0.6 is 11.8 Å². The molecule has 0 aromatic heterocycles. The Morgan fingerprint density at radius 3 is 2.43 bits per heavy atom. The molecule has 1 heterocycles. The highest BCUT2D eigenvalue weighted by atomic mass is 32.2. The fourth-order valence-corrected chi connectivity index (χ4v) is 6.22. The summed E-state index contributed by atoms with van der Waals surface area (Å²) in [6.45, 7) is 0. The van der Waals surface area contributed by atoms with Crippen LogP contribution in [0.5, 0.6) is 0 Å². The van der Waals surface area contributed by atoms with Crippen molar-refractivity contribution in [3.05, 3.63) is 59.7 Å². The van der Waals surface area contributed by atoms with Gasteiger partial charge in [0.1, 0.15) is 0 Å². The van der Waals surface area contributed by atoms with E-state index in [-0.39, 0.29) is 16.9 Å². The van der Waals surface area contributed by atoms with Crippen molar-refractivity contribution in [3.63, 3.8) is 0 Å². The van der Waals surface area contributed by atoms with Crippen LogP contribution in [0.4, 0.5) is 0 Å². The van der Waals surface area contributed by atoms with Crippen molar-refractivity contribution >= 4 is 27.5 Å². The minimum absolute atomic E-state index is 0.0274. The Morgan fingerprint density at radius 1 is 1.09 bits per heavy atom. The lowest BCUT2D eigenvalue weighted by atomic mass is 10.0. The molecular formula is C17H17NO3S2. The highest BCUT2D eigenvalue weighted by molar-refractivity contribution is 8.01. The second kappa shape index (κ2) is 6.02. The lowest BCUT2D eigenvalue weighted by Gasteiger charge is -2.17. The van der Waals surface area contributed by atoms with E-state index >= 15 is 0 Å². The van der Waals surface area contributed by atoms with Gasteiger partial charge in [-0.15, -0.1) is 11.8 Å². The Kier molecular flexibility index (Phi) is 4.21. The Balaban J connectivity index is 2.10. The molecule has 0 spiro atoms. The Morgan fingerprint density at radius 2 is 1.78 bits per heavy atom. The first-order valence-corrected chi connectivity index (χ1v) is 9.72. The van der Waals surface area contributed by atoms with Crippen LogP contribution in [-0.2, 0) is 9.84 Å². The van der Waals surface area contributed by atoms with Crippen LogP contribution in [0.25, 0.3) is 0 Å². The maximum Gasteiger partial charge on any atom is 0.253 e. The summed E-state index contributed by atoms with van der Waals surface area (Å²) in [4.78, 5) is 15.2. The highest BCUT2D eigenvalue weighted by Crippen LogP contribution is 2.46. The number of hydrogen-bond acceptors (Lipinski definition) is 4. The van der Waals surface area contributed by atoms with Crippen molar-refractivity contribution in [2.75, 3.05) is 19.8 Å². The first-order chi connectivity index (χ1) is 10.9. The second-order valence-corrected chi connectivity index (χ2v) is 8.90. The third kappa shape index (κ3) is 3.01. The lowest BCUT2D eigenvalue weighted by molar-refractivity contribution is 0.0826. The number of benzene rings is 2. The SMILES string of the molecule is CN(C)C(=O)c1cccc2c1C(Sc1ccccc1)CS2(=O)=O. The number of thioether (sulfide) groups is 1. The molecule has 6 heteroatoms. The zero-order valence-corrected chi connectivity index (χ0v) is 14.5. The van der Waals surface area contributed by atoms with Gasteiger partial charge in [-0.2, -0.15) is 0 Å². The number of carbonyl (C=O) groups is 1. The van der Waals surface area contributed by atoms with E-state index in [1.54, 1.807) is 32.3 Å². The van der Waals surface area contributed by atoms with Crippen LogP contribution in [-0.4, -0.2) is 39.1 Å². The molecule has 1 unspecified atom stereocenters. The number of rotatable bonds is 3. The molecule has 4 nitrogen and oxygen atoms in total. The molecular weight excluding hydrogens is 330 g/mol. The zero-order chi connectivity index (χ0) is 16.6. The summed E-state index contributed by atoms with van der Waals surface area (Å²) in [6.07, 6.45) is 0. The maximum atomic E-state index is 12.5. The van der Waals surface area contributed by atoms with Gasteiger partial charge in [0.25, 0.3) is 5.91 Å². The minimum Gasteiger partial charge on any atom is -0.345 e. The van der Waals surface area contributed by atoms with Crippen LogP contribution in [0.3, 0.4) is 0 Å². The fourth-order valence-electron chi connectivity index (χ4n) is 2.70. The van der Waals surface area contributed by atoms with E-state index < -0.39 is 9.84 Å². The summed E-state index contributed by atoms with van der Waals surface area (Å²) in [5.41, 5.74) is 1.11. The monoisotopic (exact) mass is 347 g/mol. The van der Waals surface area contributed by atoms with Gasteiger partial charge in [-0.05, 0) is 29.8 Å². The molecule has 3 rings (SSSR count). The molecule has 2 aromatic rings. The van der Waals surface area contributed by atoms with Gasteiger partial charge in [0.15, 0.2) is 9.84 Å². The topological polar surface area (TPSA) is 54.5 Å². The summed E-state index contributed by atoms with van der Waals surface area (Å²) < 4.78 is 24.9. The van der Waals surface area contributed by atoms with E-state index in [2.05, 4.69) is 0 Å². The molecule has 23 heavy (non-hydrogen) atoms. The standard InChI is InChI=1S/C17H17NO3S2/c1-18(2)17(19)13-9-6-10-15-16(13)14(11-23(15,20)21)22-12-7-4-3-5-8-12/h3-10,14H,11H2,1-2H3. The molecule has 0 aliphatic carbocycles. The van der Waals surface area contributed by atoms with Crippen molar-refractivity contribution in [1.29, 1.82) is 0 Å². The van der Waals surface area contributed by atoms with Crippen molar-refractivity contribution in [2.45, 2.75) is 15.0 Å². The van der Waals surface area contributed by atoms with Crippen LogP contribution in [0, 0.1) is 0 Å². The van der Waals surface area contributed by atoms with E-state index in [1.165, 1.54) is 16.7 Å². The summed E-state index contributed by atoms with van der Waals surface area (Å²) in [5, 5.41) is -0.266. The number of nitrogens with zero attached hydrogens (tertiary/aromatic N) is 1. The molecule has 0 saturated heterocycles. The number of hydrogen-bond donors (Lipinski definition) is 0. The summed E-state index contributed by atoms with van der Waals surface area (Å²) in [5.74, 6) is -0.141. The molecule has 0 saturated carbocycles. The van der Waals surface area contributed by atoms with Crippen LogP contribution in [0.15, 0.2) is 58.3 Å². The smallest absolute Gasteiger partial charge is 0.253 e. The first kappa shape index (κ1) is 16.1. The van der Waals surface area contributed by atoms with Gasteiger partial charge in [-0.1, -0.05) is 24.3 Å². The van der Waals surface area contributed by atoms with E-state index in [0.29, 0.717) is 16.0 Å². The summed E-state index contributed by atoms with van der Waals surface area (Å²) in [7, 11) is -0.00586. The molecule has 120 valence electrons. The maximum absolute atomic E-state index is 12.5. The predicted octanol–water partition coefficient (Wildman–Crippen LogP) is 3.01. The van der Waals surface area contributed by atoms with E-state index in [0.717, 1.165) is 4.90 Å². The summed E-state index contributed by atoms with van der Waals surface area (Å²) >= 11 is 1.49. The Labute approximate surface area is 140 Å². The molecule has 0 radical (unpaired) electrons. The van der Waals surface area contributed by atoms with E-state index in [4.69, 9.17) is 0 Å². The minimum atomic E-state index is -3.35. The molecule has 1 amide bonds. The van der Waals surface area contributed by atoms with Gasteiger partial charge in [0, 0.05) is 24.6 Å². The van der Waals surface area contributed by atoms with Gasteiger partial charge in [0.05, 0.1) is 15.9 Å². The van der Waals surface area contributed by atoms with E-state index in [1.807, 2.05) is 30.3 Å². The normalized spacial score (nSPS) is 18.4. The van der Waals surface area contributed by atoms with Gasteiger partial charge in [0.2, 0.25) is 0 Å². The quantitative estimate of drug-likeness (QED) is 0.856. The van der Waals surface area contributed by atoms with Crippen molar-refractivity contribution in [3.8, 4) is 0 Å². The molecule has 1 aliphatic rings. The molecule has 2 aromatic carbocycles. The third-order valence-corrected chi connectivity index (χ3v) is 6.99. The number of fused-ring (bicyclic) bond motifs is 1. The van der Waals surface area contributed by atoms with Crippen molar-refractivity contribution in [1.82, 2.24) is 4.90 Å². The lowest BCUT2D eigenvalue weighted by Crippen LogP contribution is -2.23. The Bertz CT molecular complexity index is 845. The average Bonchev–Trinajstić information content (AvgIpc) is 2.78. The van der Waals surface area contributed by atoms with Crippen LogP contribution < -0.4 is 0 Å². The third-order valence-electron chi connectivity index (χ3n) is 3.75. The van der Waals surface area contributed by atoms with Crippen LogP contribution in [0.2, 0.25) is 0 Å². The van der Waals surface area contributed by atoms with Gasteiger partial charge in [-0.25, -0.2) is 8.42 Å². The number of carbonyl (C=O) groups excluding carboxylic acids is 1. The average molecular weight is 347 g/mol. The zero-order valence-electron chi connectivity index (χ0n) is 12.9. The van der Waals surface area contributed by atoms with E-state index in [9.17, 15) is 13.2 Å². The van der Waals surface area contributed by atoms with Crippen LogP contribution in [0.1, 0.15) is 21.2 Å². The van der Waals surface area contributed by atoms with Crippen molar-refractivity contribution in [2.24, 2.45) is 0 Å². The van der Waals surface area contributed by atoms with Gasteiger partial charge in [-0.3, -0.25) is 4.79 Å². The summed E-state index contributed by atoms with van der Waals surface area (Å²) in [6, 6.07) is 14.6. The number of sulfone groups is 1. The molecule has 0 N–H and O–H groups in total. The molecule has 0 fully saturated rings. The van der Waals surface area contributed by atoms with Gasteiger partial charge >= 0.3 is 0 Å². The highest BCUT2D eigenvalue weighted by Gasteiger charge is 2.38. The predicted molar refractivity (Wildman–Crippen MR) is 91.6 cm³/mol. The Hall–Kier alpha value is -1.79. The number of amides is 1. The molecule has 1 aliphatic heterocycles. The largest absolute Gasteiger partial charge is 0.345 e. The first-order valence-electron chi connectivity index (χ1n) is 7.19.